The molecule has 0 amide bonds. The van der Waals surface area contributed by atoms with Crippen molar-refractivity contribution < 1.29 is 14.3 Å². The summed E-state index contributed by atoms with van der Waals surface area (Å²) in [6.45, 7) is 13.7. The van der Waals surface area contributed by atoms with E-state index in [1.807, 2.05) is 60.9 Å². The van der Waals surface area contributed by atoms with Gasteiger partial charge in [0, 0.05) is 25.9 Å². The van der Waals surface area contributed by atoms with Crippen molar-refractivity contribution in [2.75, 3.05) is 21.2 Å². The molecule has 0 saturated carbocycles. The molecule has 4 nitrogen and oxygen atoms in total. The lowest BCUT2D eigenvalue weighted by molar-refractivity contribution is -0.138. The quantitative estimate of drug-likeness (QED) is 0.716. The summed E-state index contributed by atoms with van der Waals surface area (Å²) < 4.78 is 9.78. The monoisotopic (exact) mass is 323 g/mol. The maximum Gasteiger partial charge on any atom is 0.293 e. The van der Waals surface area contributed by atoms with Crippen LogP contribution in [0.15, 0.2) is 47.9 Å². The first-order valence-corrected chi connectivity index (χ1v) is 7.82. The Morgan fingerprint density at radius 1 is 1.22 bits per heavy atom. The molecule has 0 aromatic heterocycles. The highest BCUT2D eigenvalue weighted by Crippen LogP contribution is 2.20. The van der Waals surface area contributed by atoms with E-state index in [1.54, 1.807) is 7.11 Å². The van der Waals surface area contributed by atoms with Gasteiger partial charge in [0.05, 0.1) is 7.11 Å². The van der Waals surface area contributed by atoms with Crippen LogP contribution in [0.2, 0.25) is 0 Å². The third-order valence-electron chi connectivity index (χ3n) is 2.57. The third-order valence-corrected chi connectivity index (χ3v) is 2.57. The Balaban J connectivity index is 0. The van der Waals surface area contributed by atoms with Crippen molar-refractivity contribution in [2.45, 2.75) is 46.6 Å². The average Bonchev–Trinajstić information content (AvgIpc) is 2.70. The maximum absolute atomic E-state index is 9.60. The Labute approximate surface area is 142 Å². The zero-order valence-electron chi connectivity index (χ0n) is 16.0. The first kappa shape index (κ1) is 23.3. The fourth-order valence-corrected chi connectivity index (χ4v) is 1.55. The van der Waals surface area contributed by atoms with Gasteiger partial charge < -0.3 is 14.4 Å². The first-order valence-electron chi connectivity index (χ1n) is 7.82. The number of hydrogen-bond donors (Lipinski definition) is 0. The number of ether oxygens (including phenoxy) is 2. The van der Waals surface area contributed by atoms with Crippen LogP contribution in [0.3, 0.4) is 0 Å². The van der Waals surface area contributed by atoms with E-state index in [1.165, 1.54) is 0 Å². The molecule has 0 bridgehead atoms. The van der Waals surface area contributed by atoms with Crippen molar-refractivity contribution >= 4 is 6.47 Å². The predicted molar refractivity (Wildman–Crippen MR) is 98.0 cm³/mol. The van der Waals surface area contributed by atoms with Gasteiger partial charge in [-0.05, 0) is 38.8 Å². The van der Waals surface area contributed by atoms with Gasteiger partial charge in [0.1, 0.15) is 11.4 Å². The highest BCUT2D eigenvalue weighted by molar-refractivity contribution is 5.43. The zero-order valence-corrected chi connectivity index (χ0v) is 16.0. The Morgan fingerprint density at radius 3 is 2.09 bits per heavy atom. The number of hydrogen-bond acceptors (Lipinski definition) is 4. The molecule has 0 aromatic rings. The van der Waals surface area contributed by atoms with E-state index in [9.17, 15) is 4.79 Å². The van der Waals surface area contributed by atoms with Crippen LogP contribution in [0.4, 0.5) is 0 Å². The van der Waals surface area contributed by atoms with Gasteiger partial charge in [-0.25, -0.2) is 0 Å². The summed E-state index contributed by atoms with van der Waals surface area (Å²) in [7, 11) is 5.72. The molecule has 23 heavy (non-hydrogen) atoms. The summed E-state index contributed by atoms with van der Waals surface area (Å²) in [4.78, 5) is 11.7. The second-order valence-electron chi connectivity index (χ2n) is 5.66. The highest BCUT2D eigenvalue weighted by atomic mass is 16.5. The summed E-state index contributed by atoms with van der Waals surface area (Å²) in [5.41, 5.74) is 1.96. The van der Waals surface area contributed by atoms with Gasteiger partial charge in [0.2, 0.25) is 0 Å². The van der Waals surface area contributed by atoms with E-state index in [0.29, 0.717) is 6.47 Å². The van der Waals surface area contributed by atoms with Gasteiger partial charge in [0.25, 0.3) is 6.47 Å². The molecule has 132 valence electrons. The van der Waals surface area contributed by atoms with Gasteiger partial charge in [-0.2, -0.15) is 0 Å². The molecule has 0 saturated heterocycles. The molecule has 1 aliphatic rings. The lowest BCUT2D eigenvalue weighted by Gasteiger charge is -2.17. The van der Waals surface area contributed by atoms with Crippen molar-refractivity contribution in [3.05, 3.63) is 47.9 Å². The molecule has 0 heterocycles. The standard InChI is InChI=1S/C12H17NO.C5H10O2.C2H6/c1-5-10-7-6-8-11(14-4)9-12(10)13(2)3;1-5(2,3)7-4-6;1-2/h5,7-9H,1,6H2,2-4H3;4H,1-3H3;1-2H3. The molecule has 0 fully saturated rings. The minimum Gasteiger partial charge on any atom is -0.497 e. The fraction of sp³-hybridized carbons (Fsp3) is 0.526. The second-order valence-corrected chi connectivity index (χ2v) is 5.66. The molecule has 0 aromatic carbocycles. The minimum absolute atomic E-state index is 0.318. The molecular weight excluding hydrogens is 290 g/mol. The number of carbonyl (C=O) groups excluding carboxylic acids is 1. The predicted octanol–water partition coefficient (Wildman–Crippen LogP) is 4.46. The molecule has 0 N–H and O–H groups in total. The topological polar surface area (TPSA) is 38.8 Å². The molecule has 1 aliphatic carbocycles. The Morgan fingerprint density at radius 2 is 1.78 bits per heavy atom. The van der Waals surface area contributed by atoms with E-state index in [0.717, 1.165) is 23.5 Å². The molecule has 0 aliphatic heterocycles. The number of likely N-dealkylation sites (N-methyl/N-ethyl adjacent to an activating group) is 1. The summed E-state index contributed by atoms with van der Waals surface area (Å²) in [6, 6.07) is 0. The van der Waals surface area contributed by atoms with Crippen LogP contribution < -0.4 is 0 Å². The molecule has 0 atom stereocenters. The zero-order chi connectivity index (χ0) is 18.5. The lowest BCUT2D eigenvalue weighted by Crippen LogP contribution is -2.17. The summed E-state index contributed by atoms with van der Waals surface area (Å²) >= 11 is 0. The lowest BCUT2D eigenvalue weighted by atomic mass is 10.1. The number of methoxy groups -OCH3 is 1. The maximum atomic E-state index is 9.60. The van der Waals surface area contributed by atoms with Crippen LogP contribution in [0.5, 0.6) is 0 Å². The Hall–Kier alpha value is -1.97. The van der Waals surface area contributed by atoms with Crippen LogP contribution in [0.25, 0.3) is 0 Å². The van der Waals surface area contributed by atoms with Crippen molar-refractivity contribution in [3.8, 4) is 0 Å². The molecule has 0 unspecified atom stereocenters. The van der Waals surface area contributed by atoms with Crippen LogP contribution in [-0.4, -0.2) is 38.2 Å². The van der Waals surface area contributed by atoms with Crippen molar-refractivity contribution in [1.29, 1.82) is 0 Å². The van der Waals surface area contributed by atoms with Gasteiger partial charge >= 0.3 is 0 Å². The van der Waals surface area contributed by atoms with Crippen LogP contribution in [-0.2, 0) is 14.3 Å². The molecule has 0 spiro atoms. The number of nitrogens with zero attached hydrogens (tertiary/aromatic N) is 1. The van der Waals surface area contributed by atoms with E-state index < -0.39 is 0 Å². The molecule has 1 rings (SSSR count). The highest BCUT2D eigenvalue weighted by Gasteiger charge is 2.08. The van der Waals surface area contributed by atoms with Crippen molar-refractivity contribution in [2.24, 2.45) is 0 Å². The normalized spacial score (nSPS) is 13.3. The Kier molecular flexibility index (Phi) is 12.7. The fourth-order valence-electron chi connectivity index (χ4n) is 1.55. The number of rotatable bonds is 4. The van der Waals surface area contributed by atoms with Gasteiger partial charge in [0.15, 0.2) is 0 Å². The summed E-state index contributed by atoms with van der Waals surface area (Å²) in [6.07, 6.45) is 8.99. The largest absolute Gasteiger partial charge is 0.497 e. The van der Waals surface area contributed by atoms with Gasteiger partial charge in [-0.1, -0.05) is 32.6 Å². The van der Waals surface area contributed by atoms with E-state index in [-0.39, 0.29) is 5.60 Å². The van der Waals surface area contributed by atoms with E-state index in [4.69, 9.17) is 4.74 Å². The van der Waals surface area contributed by atoms with Crippen LogP contribution >= 0.6 is 0 Å². The SMILES string of the molecule is C=CC1=CCC=C(OC)C=C1N(C)C.CC.CC(C)(C)OC=O. The third kappa shape index (κ3) is 11.3. The average molecular weight is 323 g/mol. The smallest absolute Gasteiger partial charge is 0.293 e. The molecular formula is C19H33NO3. The summed E-state index contributed by atoms with van der Waals surface area (Å²) in [5, 5.41) is 0. The second kappa shape index (κ2) is 12.6. The molecule has 0 radical (unpaired) electrons. The van der Waals surface area contributed by atoms with Crippen molar-refractivity contribution in [3.63, 3.8) is 0 Å². The number of carbonyl (C=O) groups is 1. The van der Waals surface area contributed by atoms with E-state index in [2.05, 4.69) is 28.4 Å². The van der Waals surface area contributed by atoms with Gasteiger partial charge in [-0.15, -0.1) is 0 Å². The number of allylic oxidation sites excluding steroid dienone is 4. The van der Waals surface area contributed by atoms with E-state index >= 15 is 0 Å². The van der Waals surface area contributed by atoms with Gasteiger partial charge in [-0.3, -0.25) is 4.79 Å². The van der Waals surface area contributed by atoms with Crippen LogP contribution in [0.1, 0.15) is 41.0 Å². The summed E-state index contributed by atoms with van der Waals surface area (Å²) in [5.74, 6) is 0.904. The molecule has 4 heteroatoms. The minimum atomic E-state index is -0.318. The van der Waals surface area contributed by atoms with Crippen molar-refractivity contribution in [1.82, 2.24) is 4.90 Å². The Bertz CT molecular complexity index is 438. The van der Waals surface area contributed by atoms with Crippen LogP contribution in [0, 0.1) is 0 Å². The first-order chi connectivity index (χ1) is 10.7.